The Morgan fingerprint density at radius 3 is 2.74 bits per heavy atom. The highest BCUT2D eigenvalue weighted by molar-refractivity contribution is 7.18. The first kappa shape index (κ1) is 23.0. The van der Waals surface area contributed by atoms with E-state index in [1.807, 2.05) is 11.0 Å². The second-order valence-corrected chi connectivity index (χ2v) is 10.1. The third-order valence-electron chi connectivity index (χ3n) is 6.86. The van der Waals surface area contributed by atoms with E-state index in [9.17, 15) is 14.0 Å². The van der Waals surface area contributed by atoms with Crippen molar-refractivity contribution in [2.75, 3.05) is 33.3 Å². The maximum Gasteiger partial charge on any atom is 0.262 e. The third kappa shape index (κ3) is 4.59. The molecule has 3 heterocycles. The molecular weight excluding hydrogens is 455 g/mol. The van der Waals surface area contributed by atoms with Crippen LogP contribution in [0, 0.1) is 5.82 Å². The Labute approximate surface area is 201 Å². The molecule has 1 aliphatic heterocycles. The molecule has 0 bridgehead atoms. The average Bonchev–Trinajstić information content (AvgIpc) is 3.23. The van der Waals surface area contributed by atoms with E-state index in [0.717, 1.165) is 48.1 Å². The van der Waals surface area contributed by atoms with Crippen LogP contribution in [0.15, 0.2) is 29.3 Å². The lowest BCUT2D eigenvalue weighted by molar-refractivity contribution is -0.133. The van der Waals surface area contributed by atoms with Gasteiger partial charge in [-0.15, -0.1) is 11.3 Å². The fourth-order valence-electron chi connectivity index (χ4n) is 4.94. The SMILES string of the molecule is COc1ccc(CN2CCN(C(=O)CCn3cnc4sc5c(c4c3=O)CCCC5)CC2)cc1F. The van der Waals surface area contributed by atoms with Crippen LogP contribution in [0.1, 0.15) is 35.3 Å². The van der Waals surface area contributed by atoms with Crippen molar-refractivity contribution in [3.8, 4) is 5.75 Å². The minimum atomic E-state index is -0.361. The molecule has 5 rings (SSSR count). The van der Waals surface area contributed by atoms with Crippen molar-refractivity contribution in [3.63, 3.8) is 0 Å². The second kappa shape index (κ2) is 9.84. The lowest BCUT2D eigenvalue weighted by Crippen LogP contribution is -2.48. The lowest BCUT2D eigenvalue weighted by atomic mass is 9.97. The summed E-state index contributed by atoms with van der Waals surface area (Å²) >= 11 is 1.64. The maximum absolute atomic E-state index is 14.0. The predicted octanol–water partition coefficient (Wildman–Crippen LogP) is 3.22. The lowest BCUT2D eigenvalue weighted by Gasteiger charge is -2.35. The van der Waals surface area contributed by atoms with Gasteiger partial charge in [-0.1, -0.05) is 6.07 Å². The quantitative estimate of drug-likeness (QED) is 0.538. The number of aromatic nitrogens is 2. The Hall–Kier alpha value is -2.78. The number of ether oxygens (including phenoxy) is 1. The Kier molecular flexibility index (Phi) is 6.65. The van der Waals surface area contributed by atoms with Gasteiger partial charge in [-0.25, -0.2) is 9.37 Å². The summed E-state index contributed by atoms with van der Waals surface area (Å²) in [6.07, 6.45) is 6.14. The van der Waals surface area contributed by atoms with Crippen molar-refractivity contribution in [1.29, 1.82) is 0 Å². The van der Waals surface area contributed by atoms with Gasteiger partial charge >= 0.3 is 0 Å². The number of fused-ring (bicyclic) bond motifs is 3. The van der Waals surface area contributed by atoms with Crippen LogP contribution in [0.5, 0.6) is 5.75 Å². The number of methoxy groups -OCH3 is 1. The molecule has 0 N–H and O–H groups in total. The summed E-state index contributed by atoms with van der Waals surface area (Å²) in [5.74, 6) is -0.0688. The van der Waals surface area contributed by atoms with Crippen LogP contribution in [-0.2, 0) is 30.7 Å². The summed E-state index contributed by atoms with van der Waals surface area (Å²) in [6, 6.07) is 5.01. The summed E-state index contributed by atoms with van der Waals surface area (Å²) in [4.78, 5) is 36.6. The summed E-state index contributed by atoms with van der Waals surface area (Å²) < 4.78 is 20.5. The topological polar surface area (TPSA) is 67.7 Å². The number of hydrogen-bond donors (Lipinski definition) is 0. The number of halogens is 1. The Balaban J connectivity index is 1.16. The number of rotatable bonds is 6. The molecule has 0 radical (unpaired) electrons. The summed E-state index contributed by atoms with van der Waals surface area (Å²) in [7, 11) is 1.45. The van der Waals surface area contributed by atoms with Gasteiger partial charge in [0.2, 0.25) is 5.91 Å². The van der Waals surface area contributed by atoms with Crippen molar-refractivity contribution in [2.45, 2.75) is 45.2 Å². The van der Waals surface area contributed by atoms with E-state index in [1.165, 1.54) is 30.0 Å². The number of benzene rings is 1. The molecule has 180 valence electrons. The highest BCUT2D eigenvalue weighted by Gasteiger charge is 2.23. The summed E-state index contributed by atoms with van der Waals surface area (Å²) in [5.41, 5.74) is 2.04. The van der Waals surface area contributed by atoms with E-state index in [0.29, 0.717) is 26.2 Å². The van der Waals surface area contributed by atoms with Crippen LogP contribution in [0.2, 0.25) is 0 Å². The molecule has 0 saturated carbocycles. The number of aryl methyl sites for hydroxylation is 3. The molecule has 1 fully saturated rings. The van der Waals surface area contributed by atoms with E-state index in [2.05, 4.69) is 9.88 Å². The van der Waals surface area contributed by atoms with Crippen LogP contribution in [0.3, 0.4) is 0 Å². The van der Waals surface area contributed by atoms with Crippen molar-refractivity contribution < 1.29 is 13.9 Å². The average molecular weight is 485 g/mol. The molecular formula is C25H29FN4O3S. The molecule has 1 aromatic carbocycles. The molecule has 34 heavy (non-hydrogen) atoms. The number of carbonyl (C=O) groups excluding carboxylic acids is 1. The molecule has 9 heteroatoms. The van der Waals surface area contributed by atoms with Crippen LogP contribution in [0.25, 0.3) is 10.2 Å². The van der Waals surface area contributed by atoms with Gasteiger partial charge in [-0.05, 0) is 48.9 Å². The van der Waals surface area contributed by atoms with Gasteiger partial charge in [-0.3, -0.25) is 19.1 Å². The Bertz CT molecular complexity index is 1260. The minimum absolute atomic E-state index is 0.0197. The van der Waals surface area contributed by atoms with Crippen LogP contribution < -0.4 is 10.3 Å². The molecule has 1 saturated heterocycles. The van der Waals surface area contributed by atoms with Gasteiger partial charge in [0.25, 0.3) is 5.56 Å². The molecule has 1 aliphatic carbocycles. The van der Waals surface area contributed by atoms with Gasteiger partial charge in [0.1, 0.15) is 4.83 Å². The zero-order chi connectivity index (χ0) is 23.7. The fourth-order valence-corrected chi connectivity index (χ4v) is 6.16. The van der Waals surface area contributed by atoms with Crippen LogP contribution in [-0.4, -0.2) is 58.5 Å². The van der Waals surface area contributed by atoms with Gasteiger partial charge < -0.3 is 9.64 Å². The molecule has 0 spiro atoms. The molecule has 1 amide bonds. The smallest absolute Gasteiger partial charge is 0.262 e. The first-order valence-corrected chi connectivity index (χ1v) is 12.7. The van der Waals surface area contributed by atoms with Crippen molar-refractivity contribution in [2.24, 2.45) is 0 Å². The summed E-state index contributed by atoms with van der Waals surface area (Å²) in [5, 5.41) is 0.762. The number of nitrogens with zero attached hydrogens (tertiary/aromatic N) is 4. The monoisotopic (exact) mass is 484 g/mol. The highest BCUT2D eigenvalue weighted by atomic mass is 32.1. The van der Waals surface area contributed by atoms with E-state index < -0.39 is 0 Å². The first-order valence-electron chi connectivity index (χ1n) is 11.9. The maximum atomic E-state index is 14.0. The molecule has 0 atom stereocenters. The highest BCUT2D eigenvalue weighted by Crippen LogP contribution is 2.33. The van der Waals surface area contributed by atoms with Gasteiger partial charge in [0, 0.05) is 50.6 Å². The standard InChI is InChI=1S/C25H29FN4O3S/c1-33-20-7-6-17(14-19(20)26)15-28-10-12-29(13-11-28)22(31)8-9-30-16-27-24-23(25(30)32)18-4-2-3-5-21(18)34-24/h6-7,14,16H,2-5,8-13,15H2,1H3. The normalized spacial score (nSPS) is 16.6. The zero-order valence-electron chi connectivity index (χ0n) is 19.4. The Morgan fingerprint density at radius 2 is 1.97 bits per heavy atom. The summed E-state index contributed by atoms with van der Waals surface area (Å²) in [6.45, 7) is 3.69. The zero-order valence-corrected chi connectivity index (χ0v) is 20.2. The first-order chi connectivity index (χ1) is 16.5. The number of piperazine rings is 1. The number of carbonyl (C=O) groups is 1. The second-order valence-electron chi connectivity index (χ2n) is 9.01. The minimum Gasteiger partial charge on any atom is -0.494 e. The molecule has 2 aliphatic rings. The molecule has 2 aromatic heterocycles. The van der Waals surface area contributed by atoms with Crippen molar-refractivity contribution >= 4 is 27.5 Å². The Morgan fingerprint density at radius 1 is 1.18 bits per heavy atom. The van der Waals surface area contributed by atoms with Gasteiger partial charge in [-0.2, -0.15) is 0 Å². The number of thiophene rings is 1. The van der Waals surface area contributed by atoms with E-state index >= 15 is 0 Å². The van der Waals surface area contributed by atoms with Crippen LogP contribution >= 0.6 is 11.3 Å². The van der Waals surface area contributed by atoms with Gasteiger partial charge in [0.05, 0.1) is 18.8 Å². The third-order valence-corrected chi connectivity index (χ3v) is 8.06. The predicted molar refractivity (Wildman–Crippen MR) is 130 cm³/mol. The van der Waals surface area contributed by atoms with Crippen LogP contribution in [0.4, 0.5) is 4.39 Å². The largest absolute Gasteiger partial charge is 0.494 e. The number of amides is 1. The van der Waals surface area contributed by atoms with Crippen molar-refractivity contribution in [3.05, 3.63) is 56.7 Å². The van der Waals surface area contributed by atoms with E-state index in [4.69, 9.17) is 4.74 Å². The molecule has 3 aromatic rings. The van der Waals surface area contributed by atoms with E-state index in [1.54, 1.807) is 28.3 Å². The van der Waals surface area contributed by atoms with Crippen molar-refractivity contribution in [1.82, 2.24) is 19.4 Å². The van der Waals surface area contributed by atoms with Gasteiger partial charge in [0.15, 0.2) is 11.6 Å². The number of hydrogen-bond acceptors (Lipinski definition) is 6. The fraction of sp³-hybridized carbons (Fsp3) is 0.480. The molecule has 0 unspecified atom stereocenters. The molecule has 7 nitrogen and oxygen atoms in total. The van der Waals surface area contributed by atoms with E-state index in [-0.39, 0.29) is 29.5 Å².